The Morgan fingerprint density at radius 2 is 0.875 bits per heavy atom. The first-order valence-electron chi connectivity index (χ1n) is 11.1. The molecular formula is C26H32I2N4. The molecule has 0 bridgehead atoms. The topological polar surface area (TPSA) is 59.8 Å². The molecule has 2 aromatic carbocycles. The van der Waals surface area contributed by atoms with Crippen molar-refractivity contribution >= 4 is 33.2 Å². The second-order valence-corrected chi connectivity index (χ2v) is 8.08. The summed E-state index contributed by atoms with van der Waals surface area (Å²) in [5.74, 6) is 0. The normalized spacial score (nSPS) is 10.6. The van der Waals surface area contributed by atoms with Gasteiger partial charge in [0.15, 0.2) is 12.4 Å². The maximum absolute atomic E-state index is 6.11. The molecular weight excluding hydrogens is 622 g/mol. The number of pyridine rings is 2. The summed E-state index contributed by atoms with van der Waals surface area (Å²) in [5, 5.41) is 2.29. The molecule has 2 aromatic heterocycles. The molecule has 0 atom stereocenters. The largest absolute Gasteiger partial charge is 1.00 e. The van der Waals surface area contributed by atoms with E-state index in [0.717, 1.165) is 35.2 Å². The van der Waals surface area contributed by atoms with Crippen LogP contribution in [0.25, 0.3) is 21.8 Å². The molecule has 4 N–H and O–H groups in total. The zero-order valence-electron chi connectivity index (χ0n) is 18.4. The predicted octanol–water partition coefficient (Wildman–Crippen LogP) is -1.22. The van der Waals surface area contributed by atoms with Crippen molar-refractivity contribution in [2.45, 2.75) is 51.6 Å². The maximum Gasteiger partial charge on any atom is 0.214 e. The van der Waals surface area contributed by atoms with Gasteiger partial charge in [-0.1, -0.05) is 37.1 Å². The number of benzene rings is 2. The molecule has 0 amide bonds. The summed E-state index contributed by atoms with van der Waals surface area (Å²) in [4.78, 5) is 0. The monoisotopic (exact) mass is 654 g/mol. The van der Waals surface area contributed by atoms with Gasteiger partial charge in [-0.05, 0) is 25.0 Å². The van der Waals surface area contributed by atoms with Gasteiger partial charge in [-0.25, -0.2) is 0 Å². The third-order valence-corrected chi connectivity index (χ3v) is 5.97. The molecule has 170 valence electrons. The van der Waals surface area contributed by atoms with Gasteiger partial charge < -0.3 is 59.4 Å². The fourth-order valence-corrected chi connectivity index (χ4v) is 4.28. The number of halogens is 2. The number of hydrogen-bond acceptors (Lipinski definition) is 2. The van der Waals surface area contributed by atoms with Gasteiger partial charge in [0.05, 0.1) is 22.1 Å². The minimum atomic E-state index is 0. The molecule has 4 rings (SSSR count). The molecule has 2 heterocycles. The molecule has 6 heteroatoms. The molecule has 0 aliphatic carbocycles. The summed E-state index contributed by atoms with van der Waals surface area (Å²) in [5.41, 5.74) is 16.4. The highest BCUT2D eigenvalue weighted by Gasteiger charge is 2.11. The number of para-hydroxylation sites is 2. The van der Waals surface area contributed by atoms with E-state index in [1.165, 1.54) is 49.6 Å². The smallest absolute Gasteiger partial charge is 0.214 e. The SMILES string of the molecule is Nc1cc[n+](CCCCCCCC[n+]2ccc(N)c3ccccc32)c2ccccc12.[I-].[I-]. The molecule has 32 heavy (non-hydrogen) atoms. The number of unbranched alkanes of at least 4 members (excludes halogenated alkanes) is 5. The second-order valence-electron chi connectivity index (χ2n) is 8.08. The number of aryl methyl sites for hydroxylation is 2. The van der Waals surface area contributed by atoms with Crippen molar-refractivity contribution in [1.29, 1.82) is 0 Å². The van der Waals surface area contributed by atoms with Crippen LogP contribution < -0.4 is 68.6 Å². The molecule has 0 saturated carbocycles. The average molecular weight is 654 g/mol. The first-order chi connectivity index (χ1) is 14.7. The molecule has 0 saturated heterocycles. The van der Waals surface area contributed by atoms with Crippen molar-refractivity contribution in [3.63, 3.8) is 0 Å². The number of nitrogens with zero attached hydrogens (tertiary/aromatic N) is 2. The summed E-state index contributed by atoms with van der Waals surface area (Å²) in [6.07, 6.45) is 11.8. The Morgan fingerprint density at radius 3 is 1.31 bits per heavy atom. The average Bonchev–Trinajstić information content (AvgIpc) is 2.78. The van der Waals surface area contributed by atoms with Gasteiger partial charge >= 0.3 is 0 Å². The van der Waals surface area contributed by atoms with Gasteiger partial charge in [-0.15, -0.1) is 0 Å². The van der Waals surface area contributed by atoms with Gasteiger partial charge in [-0.3, -0.25) is 0 Å². The summed E-state index contributed by atoms with van der Waals surface area (Å²) in [6, 6.07) is 20.8. The second kappa shape index (κ2) is 13.1. The number of hydrogen-bond donors (Lipinski definition) is 2. The van der Waals surface area contributed by atoms with Crippen LogP contribution in [0.1, 0.15) is 38.5 Å². The summed E-state index contributed by atoms with van der Waals surface area (Å²) < 4.78 is 4.66. The molecule has 0 radical (unpaired) electrons. The van der Waals surface area contributed by atoms with Crippen molar-refractivity contribution < 1.29 is 57.1 Å². The number of anilines is 2. The fourth-order valence-electron chi connectivity index (χ4n) is 4.28. The van der Waals surface area contributed by atoms with Crippen molar-refractivity contribution in [2.75, 3.05) is 11.5 Å². The van der Waals surface area contributed by atoms with E-state index in [1.54, 1.807) is 0 Å². The minimum absolute atomic E-state index is 0. The molecule has 0 fully saturated rings. The number of aromatic nitrogens is 2. The first-order valence-corrected chi connectivity index (χ1v) is 11.1. The van der Waals surface area contributed by atoms with E-state index in [-0.39, 0.29) is 48.0 Å². The molecule has 4 nitrogen and oxygen atoms in total. The van der Waals surface area contributed by atoms with E-state index >= 15 is 0 Å². The van der Waals surface area contributed by atoms with Crippen LogP contribution in [-0.4, -0.2) is 0 Å². The highest BCUT2D eigenvalue weighted by atomic mass is 127. The van der Waals surface area contributed by atoms with Crippen LogP contribution >= 0.6 is 0 Å². The van der Waals surface area contributed by atoms with Crippen LogP contribution in [0.5, 0.6) is 0 Å². The highest BCUT2D eigenvalue weighted by Crippen LogP contribution is 2.18. The van der Waals surface area contributed by atoms with E-state index in [0.29, 0.717) is 0 Å². The van der Waals surface area contributed by atoms with Gasteiger partial charge in [-0.2, -0.15) is 9.13 Å². The lowest BCUT2D eigenvalue weighted by Gasteiger charge is -2.05. The molecule has 4 aromatic rings. The van der Waals surface area contributed by atoms with E-state index in [4.69, 9.17) is 11.5 Å². The zero-order valence-corrected chi connectivity index (χ0v) is 22.7. The van der Waals surface area contributed by atoms with Crippen molar-refractivity contribution in [2.24, 2.45) is 0 Å². The third kappa shape index (κ3) is 6.43. The van der Waals surface area contributed by atoms with E-state index < -0.39 is 0 Å². The van der Waals surface area contributed by atoms with E-state index in [2.05, 4.69) is 70.1 Å². The summed E-state index contributed by atoms with van der Waals surface area (Å²) in [6.45, 7) is 2.10. The van der Waals surface area contributed by atoms with Crippen LogP contribution in [0.3, 0.4) is 0 Å². The van der Waals surface area contributed by atoms with Crippen LogP contribution in [0, 0.1) is 0 Å². The molecule has 0 aliphatic rings. The summed E-state index contributed by atoms with van der Waals surface area (Å²) >= 11 is 0. The standard InChI is InChI=1S/C26H30N4.2HI/c27-23-15-19-29(25-13-7-5-11-21(23)25)17-9-3-1-2-4-10-18-30-20-16-24(28)22-12-6-8-14-26(22)30;;/h5-8,11-16,19-20,27-28H,1-4,9-10,17-18H2;2*1H. The number of nitrogen functional groups attached to an aromatic ring is 2. The van der Waals surface area contributed by atoms with Crippen LogP contribution in [-0.2, 0) is 13.1 Å². The number of fused-ring (bicyclic) bond motifs is 2. The summed E-state index contributed by atoms with van der Waals surface area (Å²) in [7, 11) is 0. The van der Waals surface area contributed by atoms with Crippen LogP contribution in [0.2, 0.25) is 0 Å². The Morgan fingerprint density at radius 1 is 0.500 bits per heavy atom. The quantitative estimate of drug-likeness (QED) is 0.135. The number of rotatable bonds is 9. The van der Waals surface area contributed by atoms with E-state index in [9.17, 15) is 0 Å². The first kappa shape index (κ1) is 26.6. The fraction of sp³-hybridized carbons (Fsp3) is 0.308. The van der Waals surface area contributed by atoms with Gasteiger partial charge in [0, 0.05) is 37.1 Å². The van der Waals surface area contributed by atoms with Gasteiger partial charge in [0.1, 0.15) is 13.1 Å². The Balaban J connectivity index is 0.00000181. The van der Waals surface area contributed by atoms with Gasteiger partial charge in [0.2, 0.25) is 11.0 Å². The van der Waals surface area contributed by atoms with E-state index in [1.807, 2.05) is 12.1 Å². The maximum atomic E-state index is 6.11. The Bertz CT molecular complexity index is 1060. The Hall–Kier alpha value is -1.68. The van der Waals surface area contributed by atoms with Crippen molar-refractivity contribution in [1.82, 2.24) is 0 Å². The Labute approximate surface area is 225 Å². The lowest BCUT2D eigenvalue weighted by molar-refractivity contribution is -0.672. The molecule has 0 unspecified atom stereocenters. The van der Waals surface area contributed by atoms with Gasteiger partial charge in [0.25, 0.3) is 0 Å². The van der Waals surface area contributed by atoms with Crippen LogP contribution in [0.15, 0.2) is 73.1 Å². The molecule has 0 spiro atoms. The lowest BCUT2D eigenvalue weighted by Crippen LogP contribution is -3.00. The zero-order chi connectivity index (χ0) is 20.8. The lowest BCUT2D eigenvalue weighted by atomic mass is 10.1. The minimum Gasteiger partial charge on any atom is -1.00 e. The van der Waals surface area contributed by atoms with Crippen molar-refractivity contribution in [3.05, 3.63) is 73.1 Å². The third-order valence-electron chi connectivity index (χ3n) is 5.97. The molecule has 0 aliphatic heterocycles. The van der Waals surface area contributed by atoms with Crippen molar-refractivity contribution in [3.8, 4) is 0 Å². The number of nitrogens with two attached hydrogens (primary N) is 2. The Kier molecular flexibility index (Phi) is 10.9. The predicted molar refractivity (Wildman–Crippen MR) is 125 cm³/mol. The van der Waals surface area contributed by atoms with Crippen LogP contribution in [0.4, 0.5) is 11.4 Å². The highest BCUT2D eigenvalue weighted by molar-refractivity contribution is 5.88.